The van der Waals surface area contributed by atoms with E-state index in [-0.39, 0.29) is 24.4 Å². The van der Waals surface area contributed by atoms with Crippen LogP contribution in [0.4, 0.5) is 0 Å². The highest BCUT2D eigenvalue weighted by Crippen LogP contribution is 2.36. The Kier molecular flexibility index (Phi) is 7.10. The molecule has 1 aromatic carbocycles. The lowest BCUT2D eigenvalue weighted by Gasteiger charge is -2.39. The Labute approximate surface area is 157 Å². The molecule has 1 aliphatic rings. The molecule has 0 aliphatic carbocycles. The van der Waals surface area contributed by atoms with E-state index in [9.17, 15) is 4.79 Å². The lowest BCUT2D eigenvalue weighted by atomic mass is 10.0. The summed E-state index contributed by atoms with van der Waals surface area (Å²) in [5, 5.41) is 3.17. The summed E-state index contributed by atoms with van der Waals surface area (Å²) in [4.78, 5) is 19.4. The molecular weight excluding hydrogens is 362 g/mol. The van der Waals surface area contributed by atoms with Crippen molar-refractivity contribution in [3.8, 4) is 0 Å². The van der Waals surface area contributed by atoms with E-state index >= 15 is 0 Å². The molecular formula is C17H22ClN3OS2. The van der Waals surface area contributed by atoms with Gasteiger partial charge in [0.05, 0.1) is 11.0 Å². The predicted molar refractivity (Wildman–Crippen MR) is 104 cm³/mol. The molecule has 7 heteroatoms. The first-order valence-corrected chi connectivity index (χ1v) is 9.75. The van der Waals surface area contributed by atoms with E-state index in [1.807, 2.05) is 40.2 Å². The average Bonchev–Trinajstić information content (AvgIpc) is 3.04. The smallest absolute Gasteiger partial charge is 0.273 e. The lowest BCUT2D eigenvalue weighted by molar-refractivity contribution is 0.0675. The van der Waals surface area contributed by atoms with E-state index in [4.69, 9.17) is 5.73 Å². The van der Waals surface area contributed by atoms with Gasteiger partial charge in [-0.25, -0.2) is 4.98 Å². The Hall–Kier alpha value is -1.08. The summed E-state index contributed by atoms with van der Waals surface area (Å²) < 4.78 is 0. The molecule has 1 aromatic heterocycles. The van der Waals surface area contributed by atoms with Crippen LogP contribution in [0.15, 0.2) is 35.7 Å². The second-order valence-corrected chi connectivity index (χ2v) is 8.02. The summed E-state index contributed by atoms with van der Waals surface area (Å²) in [6, 6.07) is 10.4. The minimum absolute atomic E-state index is 0. The first kappa shape index (κ1) is 19.2. The molecule has 24 heavy (non-hydrogen) atoms. The summed E-state index contributed by atoms with van der Waals surface area (Å²) in [6.45, 7) is 3.52. The van der Waals surface area contributed by atoms with Crippen molar-refractivity contribution in [2.45, 2.75) is 24.6 Å². The fraction of sp³-hybridized carbons (Fsp3) is 0.412. The number of rotatable bonds is 4. The molecule has 1 saturated heterocycles. The van der Waals surface area contributed by atoms with Gasteiger partial charge in [-0.05, 0) is 12.1 Å². The van der Waals surface area contributed by atoms with Crippen LogP contribution in [0.5, 0.6) is 0 Å². The minimum Gasteiger partial charge on any atom is -0.330 e. The van der Waals surface area contributed by atoms with Crippen molar-refractivity contribution in [3.05, 3.63) is 52.0 Å². The third-order valence-corrected chi connectivity index (χ3v) is 6.13. The molecule has 2 N–H and O–H groups in total. The van der Waals surface area contributed by atoms with Crippen LogP contribution in [-0.4, -0.2) is 39.9 Å². The number of hydrogen-bond acceptors (Lipinski definition) is 5. The third-order valence-electron chi connectivity index (χ3n) is 4.02. The maximum atomic E-state index is 13.0. The van der Waals surface area contributed by atoms with Crippen LogP contribution >= 0.6 is 35.5 Å². The Morgan fingerprint density at radius 1 is 1.38 bits per heavy atom. The van der Waals surface area contributed by atoms with E-state index in [1.54, 1.807) is 0 Å². The number of halogens is 1. The summed E-state index contributed by atoms with van der Waals surface area (Å²) in [5.41, 5.74) is 7.32. The Morgan fingerprint density at radius 3 is 2.83 bits per heavy atom. The molecule has 2 atom stereocenters. The van der Waals surface area contributed by atoms with E-state index in [1.165, 1.54) is 16.9 Å². The van der Waals surface area contributed by atoms with Gasteiger partial charge in [-0.1, -0.05) is 37.3 Å². The monoisotopic (exact) mass is 383 g/mol. The standard InChI is InChI=1S/C17H21N3OS2.ClH/c1-12-16(13-5-3-2-4-6-13)20(9-10-22-12)17(21)14-11-23-15(19-14)7-8-18;/h2-6,11-12,16H,7-10,18H2,1H3;1H. The molecule has 0 bridgehead atoms. The van der Waals surface area contributed by atoms with Gasteiger partial charge >= 0.3 is 0 Å². The van der Waals surface area contributed by atoms with Crippen molar-refractivity contribution in [1.82, 2.24) is 9.88 Å². The van der Waals surface area contributed by atoms with E-state index in [2.05, 4.69) is 24.0 Å². The number of aromatic nitrogens is 1. The second kappa shape index (κ2) is 8.85. The van der Waals surface area contributed by atoms with Crippen LogP contribution in [0.2, 0.25) is 0 Å². The molecule has 130 valence electrons. The number of amides is 1. The molecule has 0 radical (unpaired) electrons. The summed E-state index contributed by atoms with van der Waals surface area (Å²) in [5.74, 6) is 1.00. The van der Waals surface area contributed by atoms with Crippen LogP contribution in [0.3, 0.4) is 0 Å². The summed E-state index contributed by atoms with van der Waals surface area (Å²) in [6.07, 6.45) is 0.728. The number of thioether (sulfide) groups is 1. The SMILES string of the molecule is CC1SCCN(C(=O)c2csc(CCN)n2)C1c1ccccc1.Cl. The van der Waals surface area contributed by atoms with Crippen molar-refractivity contribution in [2.24, 2.45) is 5.73 Å². The highest BCUT2D eigenvalue weighted by Gasteiger charge is 2.34. The largest absolute Gasteiger partial charge is 0.330 e. The molecule has 0 saturated carbocycles. The number of hydrogen-bond donors (Lipinski definition) is 1. The van der Waals surface area contributed by atoms with Gasteiger partial charge in [0.25, 0.3) is 5.91 Å². The molecule has 4 nitrogen and oxygen atoms in total. The highest BCUT2D eigenvalue weighted by atomic mass is 35.5. The van der Waals surface area contributed by atoms with Gasteiger partial charge in [0.1, 0.15) is 5.69 Å². The number of nitrogens with two attached hydrogens (primary N) is 1. The van der Waals surface area contributed by atoms with Gasteiger partial charge < -0.3 is 10.6 Å². The molecule has 2 heterocycles. The van der Waals surface area contributed by atoms with Gasteiger partial charge in [0, 0.05) is 29.3 Å². The number of benzene rings is 1. The van der Waals surface area contributed by atoms with Crippen molar-refractivity contribution >= 4 is 41.4 Å². The number of thiazole rings is 1. The maximum absolute atomic E-state index is 13.0. The maximum Gasteiger partial charge on any atom is 0.273 e. The van der Waals surface area contributed by atoms with Gasteiger partial charge in [-0.3, -0.25) is 4.79 Å². The number of carbonyl (C=O) groups excluding carboxylic acids is 1. The van der Waals surface area contributed by atoms with Crippen LogP contribution in [0, 0.1) is 0 Å². The van der Waals surface area contributed by atoms with Gasteiger partial charge in [0.2, 0.25) is 0 Å². The van der Waals surface area contributed by atoms with Crippen LogP contribution < -0.4 is 5.73 Å². The molecule has 1 aliphatic heterocycles. The first-order chi connectivity index (χ1) is 11.2. The number of nitrogens with zero attached hydrogens (tertiary/aromatic N) is 2. The van der Waals surface area contributed by atoms with E-state index in [0.717, 1.165) is 23.7 Å². The Balaban J connectivity index is 0.00000208. The average molecular weight is 384 g/mol. The van der Waals surface area contributed by atoms with Crippen LogP contribution in [0.25, 0.3) is 0 Å². The zero-order chi connectivity index (χ0) is 16.2. The van der Waals surface area contributed by atoms with Crippen molar-refractivity contribution in [2.75, 3.05) is 18.8 Å². The van der Waals surface area contributed by atoms with Crippen molar-refractivity contribution in [3.63, 3.8) is 0 Å². The zero-order valence-corrected chi connectivity index (χ0v) is 16.0. The van der Waals surface area contributed by atoms with E-state index < -0.39 is 0 Å². The fourth-order valence-corrected chi connectivity index (χ4v) is 4.89. The second-order valence-electron chi connectivity index (χ2n) is 5.60. The predicted octanol–water partition coefficient (Wildman–Crippen LogP) is 3.38. The van der Waals surface area contributed by atoms with Crippen LogP contribution in [0.1, 0.15) is 34.0 Å². The molecule has 2 unspecified atom stereocenters. The first-order valence-electron chi connectivity index (χ1n) is 7.82. The molecule has 3 rings (SSSR count). The van der Waals surface area contributed by atoms with Gasteiger partial charge in [0.15, 0.2) is 0 Å². The van der Waals surface area contributed by atoms with Crippen molar-refractivity contribution < 1.29 is 4.79 Å². The molecule has 1 fully saturated rings. The van der Waals surface area contributed by atoms with Gasteiger partial charge in [-0.15, -0.1) is 23.7 Å². The molecule has 2 aromatic rings. The molecule has 0 spiro atoms. The topological polar surface area (TPSA) is 59.2 Å². The van der Waals surface area contributed by atoms with E-state index in [0.29, 0.717) is 17.5 Å². The Morgan fingerprint density at radius 2 is 2.12 bits per heavy atom. The zero-order valence-electron chi connectivity index (χ0n) is 13.6. The lowest BCUT2D eigenvalue weighted by Crippen LogP contribution is -2.44. The Bertz CT molecular complexity index is 665. The minimum atomic E-state index is 0. The normalized spacial score (nSPS) is 20.5. The highest BCUT2D eigenvalue weighted by molar-refractivity contribution is 8.00. The van der Waals surface area contributed by atoms with Crippen molar-refractivity contribution in [1.29, 1.82) is 0 Å². The summed E-state index contributed by atoms with van der Waals surface area (Å²) in [7, 11) is 0. The fourth-order valence-electron chi connectivity index (χ4n) is 2.94. The molecule has 1 amide bonds. The summed E-state index contributed by atoms with van der Waals surface area (Å²) >= 11 is 3.44. The quantitative estimate of drug-likeness (QED) is 0.879. The van der Waals surface area contributed by atoms with Gasteiger partial charge in [-0.2, -0.15) is 11.8 Å². The van der Waals surface area contributed by atoms with Crippen LogP contribution in [-0.2, 0) is 6.42 Å². The number of carbonyl (C=O) groups is 1. The third kappa shape index (κ3) is 4.11.